The number of ether oxygens (including phenoxy) is 1. The molecule has 5 heteroatoms. The van der Waals surface area contributed by atoms with Gasteiger partial charge in [0.05, 0.1) is 10.9 Å². The van der Waals surface area contributed by atoms with Crippen LogP contribution in [-0.4, -0.2) is 16.2 Å². The zero-order valence-electron chi connectivity index (χ0n) is 9.87. The van der Waals surface area contributed by atoms with Gasteiger partial charge in [-0.2, -0.15) is 5.10 Å². The van der Waals surface area contributed by atoms with Crippen molar-refractivity contribution in [1.29, 1.82) is 0 Å². The molecule has 0 aliphatic rings. The van der Waals surface area contributed by atoms with E-state index in [1.54, 1.807) is 39.0 Å². The van der Waals surface area contributed by atoms with Crippen LogP contribution in [0.25, 0.3) is 10.9 Å². The van der Waals surface area contributed by atoms with Crippen LogP contribution in [0, 0.1) is 5.41 Å². The van der Waals surface area contributed by atoms with Crippen molar-refractivity contribution in [3.05, 3.63) is 23.4 Å². The fraction of sp³-hybridized carbons (Fsp3) is 0.333. The molecule has 17 heavy (non-hydrogen) atoms. The summed E-state index contributed by atoms with van der Waals surface area (Å²) in [6, 6.07) is 5.15. The predicted octanol–water partition coefficient (Wildman–Crippen LogP) is 3.17. The normalized spacial score (nSPS) is 11.8. The molecule has 0 atom stereocenters. The van der Waals surface area contributed by atoms with E-state index in [4.69, 9.17) is 16.3 Å². The smallest absolute Gasteiger partial charge is 0.316 e. The summed E-state index contributed by atoms with van der Waals surface area (Å²) < 4.78 is 5.26. The molecule has 0 saturated heterocycles. The van der Waals surface area contributed by atoms with Gasteiger partial charge in [-0.15, -0.1) is 0 Å². The van der Waals surface area contributed by atoms with Gasteiger partial charge in [-0.05, 0) is 32.9 Å². The third kappa shape index (κ3) is 2.42. The molecule has 0 bridgehead atoms. The Labute approximate surface area is 104 Å². The van der Waals surface area contributed by atoms with Gasteiger partial charge in [0.15, 0.2) is 0 Å². The molecular formula is C12H13ClN2O2. The first-order valence-corrected chi connectivity index (χ1v) is 5.61. The molecule has 0 amide bonds. The number of fused-ring (bicyclic) bond motifs is 1. The number of hydrogen-bond acceptors (Lipinski definition) is 3. The first-order valence-electron chi connectivity index (χ1n) is 5.24. The van der Waals surface area contributed by atoms with E-state index in [0.29, 0.717) is 16.4 Å². The predicted molar refractivity (Wildman–Crippen MR) is 66.2 cm³/mol. The number of halogens is 1. The van der Waals surface area contributed by atoms with Crippen molar-refractivity contribution in [2.24, 2.45) is 5.41 Å². The molecule has 0 radical (unpaired) electrons. The number of H-pyrrole nitrogens is 1. The van der Waals surface area contributed by atoms with Gasteiger partial charge in [-0.1, -0.05) is 11.6 Å². The Morgan fingerprint density at radius 1 is 1.41 bits per heavy atom. The minimum absolute atomic E-state index is 0.279. The number of aromatic amines is 1. The summed E-state index contributed by atoms with van der Waals surface area (Å²) in [6.07, 6.45) is 0. The maximum absolute atomic E-state index is 11.7. The monoisotopic (exact) mass is 252 g/mol. The van der Waals surface area contributed by atoms with Crippen molar-refractivity contribution >= 4 is 28.5 Å². The van der Waals surface area contributed by atoms with E-state index in [1.807, 2.05) is 0 Å². The van der Waals surface area contributed by atoms with Crippen molar-refractivity contribution in [2.75, 3.05) is 0 Å². The number of aromatic nitrogens is 2. The summed E-state index contributed by atoms with van der Waals surface area (Å²) in [5.41, 5.74) is 0.146. The number of nitrogens with zero attached hydrogens (tertiary/aromatic N) is 1. The summed E-state index contributed by atoms with van der Waals surface area (Å²) in [7, 11) is 0. The van der Waals surface area contributed by atoms with Gasteiger partial charge in [0.25, 0.3) is 0 Å². The Morgan fingerprint density at radius 3 is 2.76 bits per heavy atom. The van der Waals surface area contributed by atoms with Gasteiger partial charge in [0.1, 0.15) is 10.9 Å². The zero-order chi connectivity index (χ0) is 12.6. The molecular weight excluding hydrogens is 240 g/mol. The summed E-state index contributed by atoms with van der Waals surface area (Å²) in [6.45, 7) is 5.41. The lowest BCUT2D eigenvalue weighted by molar-refractivity contribution is -0.142. The average molecular weight is 253 g/mol. The average Bonchev–Trinajstić information content (AvgIpc) is 2.59. The number of rotatable bonds is 1. The van der Waals surface area contributed by atoms with Crippen LogP contribution in [0.2, 0.25) is 5.15 Å². The molecule has 1 aromatic heterocycles. The van der Waals surface area contributed by atoms with Crippen molar-refractivity contribution in [3.8, 4) is 5.75 Å². The molecule has 2 aromatic rings. The second-order valence-corrected chi connectivity index (χ2v) is 5.23. The SMILES string of the molecule is CC(C)(C)C(=O)Oc1ccc2c(Cl)[nH]nc2c1. The highest BCUT2D eigenvalue weighted by molar-refractivity contribution is 6.34. The van der Waals surface area contributed by atoms with Crippen LogP contribution in [0.15, 0.2) is 18.2 Å². The van der Waals surface area contributed by atoms with Crippen LogP contribution in [0.3, 0.4) is 0 Å². The first kappa shape index (κ1) is 11.9. The molecule has 0 aliphatic carbocycles. The van der Waals surface area contributed by atoms with Crippen LogP contribution >= 0.6 is 11.6 Å². The third-order valence-corrected chi connectivity index (χ3v) is 2.59. The second-order valence-electron chi connectivity index (χ2n) is 4.86. The molecule has 90 valence electrons. The molecule has 1 N–H and O–H groups in total. The molecule has 0 saturated carbocycles. The van der Waals surface area contributed by atoms with Crippen LogP contribution in [-0.2, 0) is 4.79 Å². The van der Waals surface area contributed by atoms with Gasteiger partial charge in [0.2, 0.25) is 0 Å². The van der Waals surface area contributed by atoms with Crippen molar-refractivity contribution in [3.63, 3.8) is 0 Å². The van der Waals surface area contributed by atoms with Gasteiger partial charge in [-0.3, -0.25) is 9.89 Å². The largest absolute Gasteiger partial charge is 0.426 e. The van der Waals surface area contributed by atoms with Crippen LogP contribution in [0.4, 0.5) is 0 Å². The Morgan fingerprint density at radius 2 is 2.12 bits per heavy atom. The standard InChI is InChI=1S/C12H13ClN2O2/c1-12(2,3)11(16)17-7-4-5-8-9(6-7)14-15-10(8)13/h4-6H,1-3H3,(H,14,15). The number of esters is 1. The lowest BCUT2D eigenvalue weighted by atomic mass is 9.97. The Bertz CT molecular complexity index is 569. The van der Waals surface area contributed by atoms with Crippen molar-refractivity contribution < 1.29 is 9.53 Å². The first-order chi connectivity index (χ1) is 7.88. The molecule has 0 unspecified atom stereocenters. The molecule has 2 rings (SSSR count). The maximum atomic E-state index is 11.7. The maximum Gasteiger partial charge on any atom is 0.316 e. The van der Waals surface area contributed by atoms with Gasteiger partial charge >= 0.3 is 5.97 Å². The molecule has 0 spiro atoms. The fourth-order valence-corrected chi connectivity index (χ4v) is 1.48. The van der Waals surface area contributed by atoms with E-state index < -0.39 is 5.41 Å². The Balaban J connectivity index is 2.29. The summed E-state index contributed by atoms with van der Waals surface area (Å²) in [4.78, 5) is 11.7. The lowest BCUT2D eigenvalue weighted by Gasteiger charge is -2.16. The van der Waals surface area contributed by atoms with Crippen LogP contribution in [0.5, 0.6) is 5.75 Å². The lowest BCUT2D eigenvalue weighted by Crippen LogP contribution is -2.25. The second kappa shape index (κ2) is 4.04. The topological polar surface area (TPSA) is 55.0 Å². The van der Waals surface area contributed by atoms with E-state index in [1.165, 1.54) is 0 Å². The Hall–Kier alpha value is -1.55. The summed E-state index contributed by atoms with van der Waals surface area (Å²) in [5, 5.41) is 7.95. The molecule has 4 nitrogen and oxygen atoms in total. The van der Waals surface area contributed by atoms with E-state index in [2.05, 4.69) is 10.2 Å². The number of carbonyl (C=O) groups excluding carboxylic acids is 1. The fourth-order valence-electron chi connectivity index (χ4n) is 1.28. The molecule has 1 heterocycles. The highest BCUT2D eigenvalue weighted by Crippen LogP contribution is 2.26. The van der Waals surface area contributed by atoms with Gasteiger partial charge < -0.3 is 4.74 Å². The molecule has 0 aliphatic heterocycles. The quantitative estimate of drug-likeness (QED) is 0.627. The highest BCUT2D eigenvalue weighted by atomic mass is 35.5. The van der Waals surface area contributed by atoms with Crippen molar-refractivity contribution in [1.82, 2.24) is 10.2 Å². The number of hydrogen-bond donors (Lipinski definition) is 1. The van der Waals surface area contributed by atoms with Gasteiger partial charge in [0, 0.05) is 11.5 Å². The number of carbonyl (C=O) groups is 1. The van der Waals surface area contributed by atoms with Crippen molar-refractivity contribution in [2.45, 2.75) is 20.8 Å². The van der Waals surface area contributed by atoms with E-state index in [-0.39, 0.29) is 5.97 Å². The molecule has 0 fully saturated rings. The third-order valence-electron chi connectivity index (χ3n) is 2.30. The highest BCUT2D eigenvalue weighted by Gasteiger charge is 2.23. The number of benzene rings is 1. The summed E-state index contributed by atoms with van der Waals surface area (Å²) in [5.74, 6) is 0.194. The zero-order valence-corrected chi connectivity index (χ0v) is 10.6. The van der Waals surface area contributed by atoms with Crippen LogP contribution < -0.4 is 4.74 Å². The summed E-state index contributed by atoms with van der Waals surface area (Å²) >= 11 is 5.88. The van der Waals surface area contributed by atoms with Crippen LogP contribution in [0.1, 0.15) is 20.8 Å². The minimum atomic E-state index is -0.530. The number of nitrogens with one attached hydrogen (secondary N) is 1. The van der Waals surface area contributed by atoms with E-state index in [0.717, 1.165) is 5.39 Å². The molecule has 1 aromatic carbocycles. The minimum Gasteiger partial charge on any atom is -0.426 e. The Kier molecular flexibility index (Phi) is 2.83. The van der Waals surface area contributed by atoms with E-state index in [9.17, 15) is 4.79 Å². The van der Waals surface area contributed by atoms with Gasteiger partial charge in [-0.25, -0.2) is 0 Å². The van der Waals surface area contributed by atoms with E-state index >= 15 is 0 Å².